The Morgan fingerprint density at radius 3 is 3.06 bits per heavy atom. The lowest BCUT2D eigenvalue weighted by atomic mass is 9.93. The van der Waals surface area contributed by atoms with Crippen molar-refractivity contribution in [3.05, 3.63) is 0 Å². The smallest absolute Gasteiger partial charge is 0.0773 e. The first-order chi connectivity index (χ1) is 7.88. The minimum Gasteiger partial charge on any atom is -0.411 e. The maximum atomic E-state index is 9.07. The summed E-state index contributed by atoms with van der Waals surface area (Å²) >= 11 is 0. The molecular weight excluding hydrogens is 204 g/mol. The molecule has 2 saturated carbocycles. The lowest BCUT2D eigenvalue weighted by Crippen LogP contribution is -2.44. The molecule has 90 valence electrons. The van der Waals surface area contributed by atoms with Crippen molar-refractivity contribution in [2.24, 2.45) is 17.0 Å². The molecule has 0 amide bonds. The van der Waals surface area contributed by atoms with Gasteiger partial charge in [-0.25, -0.2) is 0 Å². The van der Waals surface area contributed by atoms with E-state index in [4.69, 9.17) is 9.94 Å². The van der Waals surface area contributed by atoms with Gasteiger partial charge in [0.15, 0.2) is 0 Å². The van der Waals surface area contributed by atoms with Gasteiger partial charge in [0.2, 0.25) is 0 Å². The van der Waals surface area contributed by atoms with E-state index >= 15 is 0 Å². The second-order valence-electron chi connectivity index (χ2n) is 5.32. The van der Waals surface area contributed by atoms with Crippen LogP contribution in [0.4, 0.5) is 0 Å². The maximum absolute atomic E-state index is 9.07. The minimum atomic E-state index is 0.313. The van der Waals surface area contributed by atoms with Crippen LogP contribution in [0.3, 0.4) is 0 Å². The Morgan fingerprint density at radius 2 is 2.31 bits per heavy atom. The minimum absolute atomic E-state index is 0.313. The lowest BCUT2D eigenvalue weighted by molar-refractivity contribution is 0.107. The quantitative estimate of drug-likeness (QED) is 0.562. The van der Waals surface area contributed by atoms with E-state index in [-0.39, 0.29) is 0 Å². The maximum Gasteiger partial charge on any atom is 0.0773 e. The van der Waals surface area contributed by atoms with Gasteiger partial charge in [0.1, 0.15) is 0 Å². The molecule has 0 aromatic rings. The number of fused-ring (bicyclic) bond motifs is 2. The van der Waals surface area contributed by atoms with Crippen molar-refractivity contribution >= 4 is 5.71 Å². The zero-order valence-electron chi connectivity index (χ0n) is 9.56. The van der Waals surface area contributed by atoms with Crippen LogP contribution in [0.1, 0.15) is 32.1 Å². The van der Waals surface area contributed by atoms with Crippen LogP contribution in [-0.4, -0.2) is 36.2 Å². The van der Waals surface area contributed by atoms with E-state index in [1.165, 1.54) is 32.1 Å². The summed E-state index contributed by atoms with van der Waals surface area (Å²) in [6.07, 6.45) is 6.43. The van der Waals surface area contributed by atoms with Gasteiger partial charge in [-0.2, -0.15) is 0 Å². The highest BCUT2D eigenvalue weighted by molar-refractivity contribution is 5.94. The molecule has 2 bridgehead atoms. The van der Waals surface area contributed by atoms with Gasteiger partial charge < -0.3 is 15.3 Å². The summed E-state index contributed by atoms with van der Waals surface area (Å²) in [6.45, 7) is 1.82. The van der Waals surface area contributed by atoms with E-state index in [9.17, 15) is 0 Å². The van der Waals surface area contributed by atoms with Crippen LogP contribution < -0.4 is 5.32 Å². The SMILES string of the molecule is O/N=C1\[C@H]2CC[C@H](C2)[C@H]1NC[C@H]1CCCO1. The average molecular weight is 224 g/mol. The number of hydrogen-bond donors (Lipinski definition) is 2. The normalized spacial score (nSPS) is 44.6. The van der Waals surface area contributed by atoms with Crippen LogP contribution in [0.2, 0.25) is 0 Å². The van der Waals surface area contributed by atoms with Crippen molar-refractivity contribution in [3.8, 4) is 0 Å². The third kappa shape index (κ3) is 1.74. The lowest BCUT2D eigenvalue weighted by Gasteiger charge is -2.25. The molecule has 3 rings (SSSR count). The van der Waals surface area contributed by atoms with E-state index in [1.807, 2.05) is 0 Å². The fourth-order valence-electron chi connectivity index (χ4n) is 3.56. The Kier molecular flexibility index (Phi) is 2.86. The van der Waals surface area contributed by atoms with Gasteiger partial charge in [-0.05, 0) is 38.0 Å². The predicted molar refractivity (Wildman–Crippen MR) is 60.8 cm³/mol. The van der Waals surface area contributed by atoms with Crippen molar-refractivity contribution in [1.82, 2.24) is 5.32 Å². The number of oxime groups is 1. The van der Waals surface area contributed by atoms with Crippen LogP contribution in [0.5, 0.6) is 0 Å². The van der Waals surface area contributed by atoms with Crippen LogP contribution in [0, 0.1) is 11.8 Å². The fraction of sp³-hybridized carbons (Fsp3) is 0.917. The second-order valence-corrected chi connectivity index (χ2v) is 5.32. The first-order valence-corrected chi connectivity index (χ1v) is 6.45. The molecule has 16 heavy (non-hydrogen) atoms. The van der Waals surface area contributed by atoms with E-state index < -0.39 is 0 Å². The predicted octanol–water partition coefficient (Wildman–Crippen LogP) is 1.38. The summed E-state index contributed by atoms with van der Waals surface area (Å²) in [4.78, 5) is 0. The molecular formula is C12H20N2O2. The Morgan fingerprint density at radius 1 is 1.38 bits per heavy atom. The summed E-state index contributed by atoms with van der Waals surface area (Å²) in [6, 6.07) is 0.313. The fourth-order valence-corrected chi connectivity index (χ4v) is 3.56. The van der Waals surface area contributed by atoms with Crippen molar-refractivity contribution < 1.29 is 9.94 Å². The Balaban J connectivity index is 1.57. The molecule has 3 fully saturated rings. The molecule has 4 nitrogen and oxygen atoms in total. The van der Waals surface area contributed by atoms with Gasteiger partial charge in [-0.3, -0.25) is 0 Å². The molecule has 4 heteroatoms. The van der Waals surface area contributed by atoms with Crippen molar-refractivity contribution in [2.45, 2.75) is 44.2 Å². The molecule has 4 atom stereocenters. The summed E-state index contributed by atoms with van der Waals surface area (Å²) in [7, 11) is 0. The molecule has 0 spiro atoms. The zero-order chi connectivity index (χ0) is 11.0. The van der Waals surface area contributed by atoms with Gasteiger partial charge in [0, 0.05) is 19.1 Å². The highest BCUT2D eigenvalue weighted by atomic mass is 16.5. The van der Waals surface area contributed by atoms with Crippen molar-refractivity contribution in [2.75, 3.05) is 13.2 Å². The van der Waals surface area contributed by atoms with Crippen LogP contribution >= 0.6 is 0 Å². The monoisotopic (exact) mass is 224 g/mol. The number of ether oxygens (including phenoxy) is 1. The number of nitrogens with zero attached hydrogens (tertiary/aromatic N) is 1. The largest absolute Gasteiger partial charge is 0.411 e. The Hall–Kier alpha value is -0.610. The first kappa shape index (κ1) is 10.5. The molecule has 2 N–H and O–H groups in total. The van der Waals surface area contributed by atoms with E-state index in [1.54, 1.807) is 0 Å². The highest BCUT2D eigenvalue weighted by Gasteiger charge is 2.45. The summed E-state index contributed by atoms with van der Waals surface area (Å²) < 4.78 is 5.60. The van der Waals surface area contributed by atoms with Gasteiger partial charge >= 0.3 is 0 Å². The average Bonchev–Trinajstić information content (AvgIpc) is 3.01. The third-order valence-electron chi connectivity index (χ3n) is 4.39. The van der Waals surface area contributed by atoms with Gasteiger partial charge in [0.25, 0.3) is 0 Å². The topological polar surface area (TPSA) is 53.9 Å². The third-order valence-corrected chi connectivity index (χ3v) is 4.39. The van der Waals surface area contributed by atoms with E-state index in [2.05, 4.69) is 10.5 Å². The standard InChI is InChI=1S/C12H20N2O2/c15-14-12-9-4-3-8(6-9)11(12)13-7-10-2-1-5-16-10/h8-11,13,15H,1-7H2/b14-12+/t8-,9+,10-,11-/m1/s1. The molecule has 0 aromatic carbocycles. The van der Waals surface area contributed by atoms with Gasteiger partial charge in [-0.1, -0.05) is 5.16 Å². The molecule has 2 aliphatic carbocycles. The Labute approximate surface area is 96.0 Å². The van der Waals surface area contributed by atoms with E-state index in [0.29, 0.717) is 24.0 Å². The summed E-state index contributed by atoms with van der Waals surface area (Å²) in [5.41, 5.74) is 0.995. The number of rotatable bonds is 3. The van der Waals surface area contributed by atoms with Crippen molar-refractivity contribution in [3.63, 3.8) is 0 Å². The molecule has 0 radical (unpaired) electrons. The number of hydrogen-bond acceptors (Lipinski definition) is 4. The zero-order valence-corrected chi connectivity index (χ0v) is 9.56. The van der Waals surface area contributed by atoms with Crippen molar-refractivity contribution in [1.29, 1.82) is 0 Å². The van der Waals surface area contributed by atoms with Gasteiger partial charge in [-0.15, -0.1) is 0 Å². The molecule has 1 heterocycles. The van der Waals surface area contributed by atoms with Gasteiger partial charge in [0.05, 0.1) is 17.9 Å². The highest BCUT2D eigenvalue weighted by Crippen LogP contribution is 2.42. The van der Waals surface area contributed by atoms with Crippen LogP contribution in [-0.2, 0) is 4.74 Å². The van der Waals surface area contributed by atoms with Crippen LogP contribution in [0.15, 0.2) is 5.16 Å². The molecule has 3 aliphatic rings. The molecule has 1 saturated heterocycles. The molecule has 0 unspecified atom stereocenters. The van der Waals surface area contributed by atoms with Crippen LogP contribution in [0.25, 0.3) is 0 Å². The molecule has 1 aliphatic heterocycles. The first-order valence-electron chi connectivity index (χ1n) is 6.45. The Bertz CT molecular complexity index is 287. The molecule has 0 aromatic heterocycles. The summed E-state index contributed by atoms with van der Waals surface area (Å²) in [5, 5.41) is 16.1. The van der Waals surface area contributed by atoms with E-state index in [0.717, 1.165) is 18.9 Å². The number of nitrogens with one attached hydrogen (secondary N) is 1. The summed E-state index contributed by atoms with van der Waals surface area (Å²) in [5.74, 6) is 1.23. The second kappa shape index (κ2) is 4.34.